The standard InChI is InChI=1S/C13H17NO2/c1-15-12-6-4-10(5-7-12)13-9-11-3-2-8-14(11)16-13/h4-7,11,13H,2-3,8-9H2,1H3. The minimum Gasteiger partial charge on any atom is -0.497 e. The van der Waals surface area contributed by atoms with Gasteiger partial charge in [-0.2, -0.15) is 5.06 Å². The number of hydrogen-bond acceptors (Lipinski definition) is 3. The molecule has 2 aliphatic rings. The Bertz CT molecular complexity index is 351. The highest BCUT2D eigenvalue weighted by Crippen LogP contribution is 2.38. The van der Waals surface area contributed by atoms with E-state index in [0.717, 1.165) is 18.7 Å². The van der Waals surface area contributed by atoms with Crippen LogP contribution < -0.4 is 4.74 Å². The second-order valence-corrected chi connectivity index (χ2v) is 4.54. The number of ether oxygens (including phenoxy) is 1. The first-order valence-electron chi connectivity index (χ1n) is 5.94. The van der Waals surface area contributed by atoms with E-state index in [2.05, 4.69) is 17.2 Å². The van der Waals surface area contributed by atoms with Gasteiger partial charge >= 0.3 is 0 Å². The van der Waals surface area contributed by atoms with Crippen LogP contribution in [0.3, 0.4) is 0 Å². The minimum atomic E-state index is 0.246. The van der Waals surface area contributed by atoms with Gasteiger partial charge in [0, 0.05) is 12.6 Å². The van der Waals surface area contributed by atoms with E-state index in [1.807, 2.05) is 12.1 Å². The first-order valence-corrected chi connectivity index (χ1v) is 5.94. The fraction of sp³-hybridized carbons (Fsp3) is 0.538. The maximum atomic E-state index is 5.94. The molecule has 0 bridgehead atoms. The fourth-order valence-corrected chi connectivity index (χ4v) is 2.65. The van der Waals surface area contributed by atoms with Crippen molar-refractivity contribution in [2.75, 3.05) is 13.7 Å². The quantitative estimate of drug-likeness (QED) is 0.763. The summed E-state index contributed by atoms with van der Waals surface area (Å²) in [6.45, 7) is 1.09. The Balaban J connectivity index is 1.73. The molecular formula is C13H17NO2. The van der Waals surface area contributed by atoms with Gasteiger partial charge in [0.1, 0.15) is 11.9 Å². The summed E-state index contributed by atoms with van der Waals surface area (Å²) in [4.78, 5) is 5.94. The molecule has 0 N–H and O–H groups in total. The van der Waals surface area contributed by atoms with Crippen molar-refractivity contribution in [1.29, 1.82) is 0 Å². The van der Waals surface area contributed by atoms with E-state index < -0.39 is 0 Å². The predicted octanol–water partition coefficient (Wildman–Crippen LogP) is 2.54. The zero-order valence-corrected chi connectivity index (χ0v) is 9.56. The van der Waals surface area contributed by atoms with Crippen LogP contribution in [-0.2, 0) is 4.84 Å². The van der Waals surface area contributed by atoms with E-state index in [1.165, 1.54) is 18.4 Å². The molecule has 0 aliphatic carbocycles. The van der Waals surface area contributed by atoms with Gasteiger partial charge in [0.05, 0.1) is 7.11 Å². The Morgan fingerprint density at radius 1 is 1.31 bits per heavy atom. The summed E-state index contributed by atoms with van der Waals surface area (Å²) in [6, 6.07) is 8.86. The smallest absolute Gasteiger partial charge is 0.118 e. The maximum absolute atomic E-state index is 5.94. The van der Waals surface area contributed by atoms with Crippen molar-refractivity contribution >= 4 is 0 Å². The second kappa shape index (κ2) is 4.07. The molecule has 1 aromatic rings. The molecule has 0 radical (unpaired) electrons. The third-order valence-corrected chi connectivity index (χ3v) is 3.56. The highest BCUT2D eigenvalue weighted by Gasteiger charge is 2.37. The van der Waals surface area contributed by atoms with Gasteiger partial charge in [-0.3, -0.25) is 4.84 Å². The Morgan fingerprint density at radius 3 is 2.81 bits per heavy atom. The molecule has 0 amide bonds. The zero-order chi connectivity index (χ0) is 11.0. The molecule has 3 rings (SSSR count). The maximum Gasteiger partial charge on any atom is 0.118 e. The molecule has 0 saturated carbocycles. The molecule has 0 aromatic heterocycles. The van der Waals surface area contributed by atoms with E-state index >= 15 is 0 Å². The van der Waals surface area contributed by atoms with Gasteiger partial charge in [-0.05, 0) is 37.0 Å². The fourth-order valence-electron chi connectivity index (χ4n) is 2.65. The Labute approximate surface area is 95.9 Å². The third kappa shape index (κ3) is 1.70. The largest absolute Gasteiger partial charge is 0.497 e. The first-order chi connectivity index (χ1) is 7.86. The van der Waals surface area contributed by atoms with Crippen molar-refractivity contribution in [1.82, 2.24) is 5.06 Å². The Hall–Kier alpha value is -1.06. The molecule has 2 saturated heterocycles. The summed E-state index contributed by atoms with van der Waals surface area (Å²) >= 11 is 0. The lowest BCUT2D eigenvalue weighted by Gasteiger charge is -2.14. The van der Waals surface area contributed by atoms with Crippen LogP contribution in [0.2, 0.25) is 0 Å². The van der Waals surface area contributed by atoms with E-state index in [1.54, 1.807) is 7.11 Å². The average Bonchev–Trinajstić information content (AvgIpc) is 2.89. The molecule has 2 fully saturated rings. The topological polar surface area (TPSA) is 21.7 Å². The van der Waals surface area contributed by atoms with Gasteiger partial charge in [0.15, 0.2) is 0 Å². The van der Waals surface area contributed by atoms with Gasteiger partial charge < -0.3 is 4.74 Å². The number of hydroxylamine groups is 2. The summed E-state index contributed by atoms with van der Waals surface area (Å²) in [5, 5.41) is 2.16. The molecule has 2 aliphatic heterocycles. The summed E-state index contributed by atoms with van der Waals surface area (Å²) in [6.07, 6.45) is 3.94. The lowest BCUT2D eigenvalue weighted by molar-refractivity contribution is -0.149. The van der Waals surface area contributed by atoms with Crippen molar-refractivity contribution < 1.29 is 9.57 Å². The molecule has 2 heterocycles. The summed E-state index contributed by atoms with van der Waals surface area (Å²) < 4.78 is 5.16. The molecular weight excluding hydrogens is 202 g/mol. The van der Waals surface area contributed by atoms with Gasteiger partial charge in [0.2, 0.25) is 0 Å². The Morgan fingerprint density at radius 2 is 2.12 bits per heavy atom. The van der Waals surface area contributed by atoms with Crippen molar-refractivity contribution in [2.24, 2.45) is 0 Å². The highest BCUT2D eigenvalue weighted by molar-refractivity contribution is 5.28. The Kier molecular flexibility index (Phi) is 2.58. The monoisotopic (exact) mass is 219 g/mol. The van der Waals surface area contributed by atoms with Crippen LogP contribution in [0, 0.1) is 0 Å². The van der Waals surface area contributed by atoms with E-state index in [-0.39, 0.29) is 6.10 Å². The summed E-state index contributed by atoms with van der Waals surface area (Å²) in [5.74, 6) is 0.905. The van der Waals surface area contributed by atoms with Crippen molar-refractivity contribution in [3.63, 3.8) is 0 Å². The van der Waals surface area contributed by atoms with E-state index in [9.17, 15) is 0 Å². The van der Waals surface area contributed by atoms with Gasteiger partial charge in [-0.15, -0.1) is 0 Å². The van der Waals surface area contributed by atoms with Crippen LogP contribution in [-0.4, -0.2) is 24.8 Å². The van der Waals surface area contributed by atoms with Crippen molar-refractivity contribution in [3.05, 3.63) is 29.8 Å². The summed E-state index contributed by atoms with van der Waals surface area (Å²) in [5.41, 5.74) is 1.26. The lowest BCUT2D eigenvalue weighted by atomic mass is 10.0. The number of rotatable bonds is 2. The zero-order valence-electron chi connectivity index (χ0n) is 9.56. The molecule has 3 nitrogen and oxygen atoms in total. The van der Waals surface area contributed by atoms with E-state index in [4.69, 9.17) is 9.57 Å². The van der Waals surface area contributed by atoms with Crippen LogP contribution in [0.15, 0.2) is 24.3 Å². The average molecular weight is 219 g/mol. The molecule has 2 atom stereocenters. The van der Waals surface area contributed by atoms with E-state index in [0.29, 0.717) is 6.04 Å². The number of hydrogen-bond donors (Lipinski definition) is 0. The summed E-state index contributed by atoms with van der Waals surface area (Å²) in [7, 11) is 1.69. The molecule has 16 heavy (non-hydrogen) atoms. The highest BCUT2D eigenvalue weighted by atomic mass is 16.7. The molecule has 0 spiro atoms. The number of fused-ring (bicyclic) bond motifs is 1. The van der Waals surface area contributed by atoms with Crippen LogP contribution in [0.1, 0.15) is 30.9 Å². The number of methoxy groups -OCH3 is 1. The molecule has 3 heteroatoms. The predicted molar refractivity (Wildman–Crippen MR) is 61.2 cm³/mol. The van der Waals surface area contributed by atoms with Gasteiger partial charge in [-0.1, -0.05) is 12.1 Å². The SMILES string of the molecule is COc1ccc(C2CC3CCCN3O2)cc1. The lowest BCUT2D eigenvalue weighted by Crippen LogP contribution is -2.20. The number of benzene rings is 1. The van der Waals surface area contributed by atoms with Crippen molar-refractivity contribution in [3.8, 4) is 5.75 Å². The second-order valence-electron chi connectivity index (χ2n) is 4.54. The molecule has 2 unspecified atom stereocenters. The molecule has 86 valence electrons. The number of nitrogens with zero attached hydrogens (tertiary/aromatic N) is 1. The minimum absolute atomic E-state index is 0.246. The van der Waals surface area contributed by atoms with Crippen LogP contribution in [0.25, 0.3) is 0 Å². The normalized spacial score (nSPS) is 29.3. The van der Waals surface area contributed by atoms with Crippen LogP contribution >= 0.6 is 0 Å². The van der Waals surface area contributed by atoms with Gasteiger partial charge in [-0.25, -0.2) is 0 Å². The van der Waals surface area contributed by atoms with Crippen LogP contribution in [0.5, 0.6) is 5.75 Å². The first kappa shape index (κ1) is 10.1. The third-order valence-electron chi connectivity index (χ3n) is 3.56. The van der Waals surface area contributed by atoms with Gasteiger partial charge in [0.25, 0.3) is 0 Å². The van der Waals surface area contributed by atoms with Crippen LogP contribution in [0.4, 0.5) is 0 Å². The van der Waals surface area contributed by atoms with Crippen molar-refractivity contribution in [2.45, 2.75) is 31.4 Å². The molecule has 1 aromatic carbocycles.